The van der Waals surface area contributed by atoms with E-state index in [9.17, 15) is 0 Å². The minimum Gasteiger partial charge on any atom is -0.382 e. The third-order valence-electron chi connectivity index (χ3n) is 4.06. The molecule has 0 spiro atoms. The lowest BCUT2D eigenvalue weighted by Crippen LogP contribution is -2.17. The van der Waals surface area contributed by atoms with E-state index in [0.29, 0.717) is 12.6 Å². The minimum absolute atomic E-state index is 0.547. The second-order valence-corrected chi connectivity index (χ2v) is 5.20. The molecule has 1 aromatic heterocycles. The van der Waals surface area contributed by atoms with Crippen molar-refractivity contribution in [3.8, 4) is 0 Å². The molecule has 0 amide bonds. The van der Waals surface area contributed by atoms with Crippen molar-refractivity contribution in [1.82, 2.24) is 9.78 Å². The van der Waals surface area contributed by atoms with Gasteiger partial charge in [-0.2, -0.15) is 5.10 Å². The maximum absolute atomic E-state index is 6.02. The van der Waals surface area contributed by atoms with Crippen molar-refractivity contribution in [3.63, 3.8) is 0 Å². The van der Waals surface area contributed by atoms with Crippen molar-refractivity contribution in [2.45, 2.75) is 57.6 Å². The van der Waals surface area contributed by atoms with Crippen molar-refractivity contribution in [3.05, 3.63) is 11.3 Å². The standard InChI is InChI=1S/C13H21N3O/c14-13-11-7-8-17-9-12(11)16(15-13)10-5-3-1-2-4-6-10/h10H,1-9H2,(H2,14,15). The van der Waals surface area contributed by atoms with Crippen molar-refractivity contribution < 1.29 is 4.74 Å². The number of hydrogen-bond acceptors (Lipinski definition) is 3. The lowest BCUT2D eigenvalue weighted by Gasteiger charge is -2.20. The Morgan fingerprint density at radius 1 is 1.18 bits per heavy atom. The first kappa shape index (κ1) is 11.1. The van der Waals surface area contributed by atoms with Gasteiger partial charge in [0, 0.05) is 12.0 Å². The van der Waals surface area contributed by atoms with E-state index >= 15 is 0 Å². The molecule has 4 heteroatoms. The number of fused-ring (bicyclic) bond motifs is 1. The molecule has 1 saturated carbocycles. The minimum atomic E-state index is 0.547. The number of rotatable bonds is 1. The van der Waals surface area contributed by atoms with E-state index in [1.54, 1.807) is 0 Å². The van der Waals surface area contributed by atoms with E-state index in [-0.39, 0.29) is 0 Å². The van der Waals surface area contributed by atoms with E-state index < -0.39 is 0 Å². The van der Waals surface area contributed by atoms with Crippen LogP contribution in [0, 0.1) is 0 Å². The van der Waals surface area contributed by atoms with Crippen LogP contribution in [0.5, 0.6) is 0 Å². The number of nitrogen functional groups attached to an aromatic ring is 1. The average molecular weight is 235 g/mol. The van der Waals surface area contributed by atoms with Crippen LogP contribution < -0.4 is 5.73 Å². The van der Waals surface area contributed by atoms with Gasteiger partial charge >= 0.3 is 0 Å². The molecular weight excluding hydrogens is 214 g/mol. The highest BCUT2D eigenvalue weighted by Crippen LogP contribution is 2.32. The van der Waals surface area contributed by atoms with Crippen LogP contribution in [0.3, 0.4) is 0 Å². The summed E-state index contributed by atoms with van der Waals surface area (Å²) in [7, 11) is 0. The maximum atomic E-state index is 6.02. The first-order valence-electron chi connectivity index (χ1n) is 6.80. The molecule has 0 bridgehead atoms. The number of nitrogens with two attached hydrogens (primary N) is 1. The normalized spacial score (nSPS) is 22.1. The van der Waals surface area contributed by atoms with Gasteiger partial charge in [-0.1, -0.05) is 25.7 Å². The second kappa shape index (κ2) is 4.69. The summed E-state index contributed by atoms with van der Waals surface area (Å²) in [6.45, 7) is 1.48. The molecular formula is C13H21N3O. The molecule has 1 aliphatic carbocycles. The number of hydrogen-bond donors (Lipinski definition) is 1. The van der Waals surface area contributed by atoms with Crippen LogP contribution in [-0.2, 0) is 17.8 Å². The van der Waals surface area contributed by atoms with E-state index in [2.05, 4.69) is 9.78 Å². The highest BCUT2D eigenvalue weighted by Gasteiger charge is 2.24. The smallest absolute Gasteiger partial charge is 0.149 e. The average Bonchev–Trinajstić information content (AvgIpc) is 2.57. The summed E-state index contributed by atoms with van der Waals surface area (Å²) in [5, 5.41) is 4.57. The lowest BCUT2D eigenvalue weighted by molar-refractivity contribution is 0.102. The Balaban J connectivity index is 1.91. The Kier molecular flexibility index (Phi) is 3.05. The fourth-order valence-corrected chi connectivity index (χ4v) is 3.10. The molecule has 1 aromatic rings. The zero-order valence-corrected chi connectivity index (χ0v) is 10.3. The topological polar surface area (TPSA) is 53.1 Å². The Hall–Kier alpha value is -1.03. The molecule has 94 valence electrons. The number of aromatic nitrogens is 2. The highest BCUT2D eigenvalue weighted by molar-refractivity contribution is 5.43. The molecule has 1 fully saturated rings. The number of ether oxygens (including phenoxy) is 1. The van der Waals surface area contributed by atoms with Crippen LogP contribution in [0.2, 0.25) is 0 Å². The largest absolute Gasteiger partial charge is 0.382 e. The first-order chi connectivity index (χ1) is 8.36. The van der Waals surface area contributed by atoms with Crippen LogP contribution in [0.25, 0.3) is 0 Å². The molecule has 0 saturated heterocycles. The van der Waals surface area contributed by atoms with Crippen molar-refractivity contribution in [1.29, 1.82) is 0 Å². The van der Waals surface area contributed by atoms with Crippen molar-refractivity contribution in [2.75, 3.05) is 12.3 Å². The van der Waals surface area contributed by atoms with Gasteiger partial charge in [0.25, 0.3) is 0 Å². The quantitative estimate of drug-likeness (QED) is 0.761. The van der Waals surface area contributed by atoms with Gasteiger partial charge in [-0.3, -0.25) is 4.68 Å². The number of nitrogens with zero attached hydrogens (tertiary/aromatic N) is 2. The SMILES string of the molecule is Nc1nn(C2CCCCCC2)c2c1CCOC2. The third-order valence-corrected chi connectivity index (χ3v) is 4.06. The third kappa shape index (κ3) is 2.06. The summed E-state index contributed by atoms with van der Waals surface area (Å²) in [4.78, 5) is 0. The second-order valence-electron chi connectivity index (χ2n) is 5.20. The summed E-state index contributed by atoms with van der Waals surface area (Å²) in [5.41, 5.74) is 8.49. The van der Waals surface area contributed by atoms with Gasteiger partial charge in [0.15, 0.2) is 0 Å². The van der Waals surface area contributed by atoms with Crippen molar-refractivity contribution >= 4 is 5.82 Å². The van der Waals surface area contributed by atoms with Gasteiger partial charge < -0.3 is 10.5 Å². The molecule has 0 atom stereocenters. The predicted octanol–water partition coefficient (Wildman–Crippen LogP) is 2.43. The Bertz CT molecular complexity index is 392. The molecule has 17 heavy (non-hydrogen) atoms. The van der Waals surface area contributed by atoms with Crippen LogP contribution in [0.1, 0.15) is 55.8 Å². The van der Waals surface area contributed by atoms with E-state index in [1.165, 1.54) is 49.8 Å². The molecule has 2 heterocycles. The lowest BCUT2D eigenvalue weighted by atomic mass is 10.1. The van der Waals surface area contributed by atoms with Crippen molar-refractivity contribution in [2.24, 2.45) is 0 Å². The van der Waals surface area contributed by atoms with Crippen LogP contribution >= 0.6 is 0 Å². The first-order valence-corrected chi connectivity index (χ1v) is 6.80. The zero-order valence-electron chi connectivity index (χ0n) is 10.3. The summed E-state index contributed by atoms with van der Waals surface area (Å²) < 4.78 is 7.73. The van der Waals surface area contributed by atoms with Crippen LogP contribution in [0.4, 0.5) is 5.82 Å². The van der Waals surface area contributed by atoms with Gasteiger partial charge in [0.1, 0.15) is 5.82 Å². The van der Waals surface area contributed by atoms with E-state index in [4.69, 9.17) is 10.5 Å². The Morgan fingerprint density at radius 3 is 2.71 bits per heavy atom. The summed E-state index contributed by atoms with van der Waals surface area (Å²) >= 11 is 0. The monoisotopic (exact) mass is 235 g/mol. The van der Waals surface area contributed by atoms with Gasteiger partial charge in [-0.25, -0.2) is 0 Å². The summed E-state index contributed by atoms with van der Waals surface area (Å²) in [6.07, 6.45) is 8.78. The molecule has 2 N–H and O–H groups in total. The Morgan fingerprint density at radius 2 is 1.94 bits per heavy atom. The molecule has 0 aromatic carbocycles. The van der Waals surface area contributed by atoms with Gasteiger partial charge in [-0.15, -0.1) is 0 Å². The maximum Gasteiger partial charge on any atom is 0.149 e. The predicted molar refractivity (Wildman–Crippen MR) is 66.7 cm³/mol. The molecule has 0 radical (unpaired) electrons. The zero-order chi connectivity index (χ0) is 11.7. The van der Waals surface area contributed by atoms with Crippen LogP contribution in [0.15, 0.2) is 0 Å². The van der Waals surface area contributed by atoms with Crippen LogP contribution in [-0.4, -0.2) is 16.4 Å². The highest BCUT2D eigenvalue weighted by atomic mass is 16.5. The van der Waals surface area contributed by atoms with E-state index in [1.807, 2.05) is 0 Å². The molecule has 3 rings (SSSR count). The fraction of sp³-hybridized carbons (Fsp3) is 0.769. The Labute approximate surface area is 102 Å². The fourth-order valence-electron chi connectivity index (χ4n) is 3.10. The molecule has 2 aliphatic rings. The summed E-state index contributed by atoms with van der Waals surface area (Å²) in [6, 6.07) is 0.547. The molecule has 4 nitrogen and oxygen atoms in total. The van der Waals surface area contributed by atoms with Gasteiger partial charge in [0.05, 0.1) is 24.9 Å². The molecule has 1 aliphatic heterocycles. The van der Waals surface area contributed by atoms with E-state index in [0.717, 1.165) is 18.8 Å². The summed E-state index contributed by atoms with van der Waals surface area (Å²) in [5.74, 6) is 0.729. The number of anilines is 1. The van der Waals surface area contributed by atoms with Gasteiger partial charge in [-0.05, 0) is 12.8 Å². The molecule has 0 unspecified atom stereocenters. The van der Waals surface area contributed by atoms with Gasteiger partial charge in [0.2, 0.25) is 0 Å².